The fourth-order valence-corrected chi connectivity index (χ4v) is 3.82. The number of rotatable bonds is 6. The van der Waals surface area contributed by atoms with Gasteiger partial charge in [-0.2, -0.15) is 4.31 Å². The Hall–Kier alpha value is -1.89. The lowest BCUT2D eigenvalue weighted by Crippen LogP contribution is -2.43. The lowest BCUT2D eigenvalue weighted by Gasteiger charge is -2.24. The van der Waals surface area contributed by atoms with Crippen LogP contribution in [0, 0.1) is 6.92 Å². The molecule has 0 saturated carbocycles. The van der Waals surface area contributed by atoms with Gasteiger partial charge in [0, 0.05) is 12.1 Å². The molecule has 0 saturated heterocycles. The highest BCUT2D eigenvalue weighted by molar-refractivity contribution is 7.89. The van der Waals surface area contributed by atoms with Crippen LogP contribution in [-0.2, 0) is 21.2 Å². The Bertz CT molecular complexity index is 837. The monoisotopic (exact) mass is 367 g/mol. The number of sulfonamides is 1. The summed E-state index contributed by atoms with van der Waals surface area (Å²) in [6, 6.07) is 11.7. The molecule has 128 valence electrons. The maximum Gasteiger partial charge on any atom is 0.322 e. The summed E-state index contributed by atoms with van der Waals surface area (Å²) in [6.07, 6.45) is 0.0257. The quantitative estimate of drug-likeness (QED) is 0.851. The van der Waals surface area contributed by atoms with Crippen molar-refractivity contribution < 1.29 is 18.3 Å². The molecule has 2 aromatic carbocycles. The van der Waals surface area contributed by atoms with Crippen molar-refractivity contribution in [2.75, 3.05) is 7.05 Å². The van der Waals surface area contributed by atoms with E-state index >= 15 is 0 Å². The van der Waals surface area contributed by atoms with Crippen LogP contribution in [0.25, 0.3) is 0 Å². The predicted octanol–water partition coefficient (Wildman–Crippen LogP) is 2.96. The molecule has 0 amide bonds. The van der Waals surface area contributed by atoms with Gasteiger partial charge in [-0.05, 0) is 42.7 Å². The molecule has 0 aliphatic rings. The molecule has 2 rings (SSSR count). The Kier molecular flexibility index (Phi) is 5.64. The fourth-order valence-electron chi connectivity index (χ4n) is 2.28. The molecule has 1 unspecified atom stereocenters. The molecule has 2 aromatic rings. The van der Waals surface area contributed by atoms with Crippen LogP contribution in [0.15, 0.2) is 53.4 Å². The van der Waals surface area contributed by atoms with Crippen molar-refractivity contribution in [3.8, 4) is 0 Å². The molecule has 0 bridgehead atoms. The van der Waals surface area contributed by atoms with E-state index in [1.165, 1.54) is 19.2 Å². The third-order valence-electron chi connectivity index (χ3n) is 3.81. The van der Waals surface area contributed by atoms with Crippen LogP contribution in [0.5, 0.6) is 0 Å². The van der Waals surface area contributed by atoms with Gasteiger partial charge in [-0.1, -0.05) is 41.9 Å². The zero-order valence-electron chi connectivity index (χ0n) is 13.3. The average molecular weight is 368 g/mol. The highest BCUT2D eigenvalue weighted by atomic mass is 35.5. The Morgan fingerprint density at radius 2 is 1.83 bits per heavy atom. The van der Waals surface area contributed by atoms with Crippen LogP contribution in [-0.4, -0.2) is 36.9 Å². The van der Waals surface area contributed by atoms with Crippen molar-refractivity contribution in [2.45, 2.75) is 24.3 Å². The van der Waals surface area contributed by atoms with E-state index in [9.17, 15) is 18.3 Å². The van der Waals surface area contributed by atoms with E-state index in [2.05, 4.69) is 0 Å². The number of benzene rings is 2. The lowest BCUT2D eigenvalue weighted by molar-refractivity contribution is -0.141. The minimum atomic E-state index is -3.90. The van der Waals surface area contributed by atoms with Crippen LogP contribution in [0.3, 0.4) is 0 Å². The number of likely N-dealkylation sites (N-methyl/N-ethyl adjacent to an activating group) is 1. The van der Waals surface area contributed by atoms with Crippen molar-refractivity contribution in [1.29, 1.82) is 0 Å². The number of aliphatic carboxylic acids is 1. The van der Waals surface area contributed by atoms with Gasteiger partial charge in [0.15, 0.2) is 0 Å². The number of aryl methyl sites for hydroxylation is 1. The molecular formula is C17H18ClNO4S. The van der Waals surface area contributed by atoms with Gasteiger partial charge in [0.25, 0.3) is 0 Å². The van der Waals surface area contributed by atoms with Gasteiger partial charge < -0.3 is 5.11 Å². The molecule has 5 nitrogen and oxygen atoms in total. The Morgan fingerprint density at radius 1 is 1.21 bits per heavy atom. The van der Waals surface area contributed by atoms with Crippen molar-refractivity contribution >= 4 is 27.6 Å². The normalized spacial score (nSPS) is 13.0. The van der Waals surface area contributed by atoms with Crippen LogP contribution < -0.4 is 0 Å². The maximum atomic E-state index is 12.6. The van der Waals surface area contributed by atoms with E-state index in [1.54, 1.807) is 36.4 Å². The van der Waals surface area contributed by atoms with Gasteiger partial charge >= 0.3 is 5.97 Å². The summed E-state index contributed by atoms with van der Waals surface area (Å²) in [6.45, 7) is 1.84. The van der Waals surface area contributed by atoms with Crippen LogP contribution in [0.2, 0.25) is 5.02 Å². The Balaban J connectivity index is 2.33. The summed E-state index contributed by atoms with van der Waals surface area (Å²) in [7, 11) is -2.63. The van der Waals surface area contributed by atoms with Crippen molar-refractivity contribution in [1.82, 2.24) is 4.31 Å². The molecular weight excluding hydrogens is 350 g/mol. The van der Waals surface area contributed by atoms with Gasteiger partial charge in [0.05, 0.1) is 4.90 Å². The zero-order chi connectivity index (χ0) is 17.9. The second kappa shape index (κ2) is 7.34. The van der Waals surface area contributed by atoms with Crippen LogP contribution in [0.1, 0.15) is 11.1 Å². The second-order valence-corrected chi connectivity index (χ2v) is 7.88. The van der Waals surface area contributed by atoms with Gasteiger partial charge in [-0.25, -0.2) is 8.42 Å². The van der Waals surface area contributed by atoms with Crippen molar-refractivity contribution in [2.24, 2.45) is 0 Å². The van der Waals surface area contributed by atoms with E-state index in [1.807, 2.05) is 6.92 Å². The first-order chi connectivity index (χ1) is 11.2. The molecule has 0 radical (unpaired) electrons. The molecule has 0 aliphatic heterocycles. The maximum absolute atomic E-state index is 12.6. The summed E-state index contributed by atoms with van der Waals surface area (Å²) in [5.74, 6) is -1.21. The number of carbonyl (C=O) groups is 1. The van der Waals surface area contributed by atoms with Crippen LogP contribution in [0.4, 0.5) is 0 Å². The third kappa shape index (κ3) is 3.95. The highest BCUT2D eigenvalue weighted by Crippen LogP contribution is 2.22. The van der Waals surface area contributed by atoms with E-state index < -0.39 is 22.0 Å². The van der Waals surface area contributed by atoms with Crippen molar-refractivity contribution in [3.05, 3.63) is 64.7 Å². The van der Waals surface area contributed by atoms with E-state index in [0.29, 0.717) is 10.6 Å². The Morgan fingerprint density at radius 3 is 2.38 bits per heavy atom. The molecule has 0 fully saturated rings. The molecule has 0 spiro atoms. The molecule has 0 aliphatic carbocycles. The molecule has 7 heteroatoms. The SMILES string of the molecule is Cc1ccc(CC(C(=O)O)N(C)S(=O)(=O)c2ccccc2)cc1Cl. The lowest BCUT2D eigenvalue weighted by atomic mass is 10.0. The molecule has 0 heterocycles. The largest absolute Gasteiger partial charge is 0.480 e. The van der Waals surface area contributed by atoms with Crippen LogP contribution >= 0.6 is 11.6 Å². The van der Waals surface area contributed by atoms with Crippen molar-refractivity contribution in [3.63, 3.8) is 0 Å². The summed E-state index contributed by atoms with van der Waals surface area (Å²) in [5, 5.41) is 10.0. The first kappa shape index (κ1) is 18.4. The highest BCUT2D eigenvalue weighted by Gasteiger charge is 2.32. The van der Waals surface area contributed by atoms with Gasteiger partial charge in [-0.3, -0.25) is 4.79 Å². The molecule has 1 N–H and O–H groups in total. The minimum Gasteiger partial charge on any atom is -0.480 e. The Labute approximate surface area is 146 Å². The van der Waals surface area contributed by atoms with E-state index in [4.69, 9.17) is 11.6 Å². The smallest absolute Gasteiger partial charge is 0.322 e. The average Bonchev–Trinajstić information content (AvgIpc) is 2.55. The summed E-state index contributed by atoms with van der Waals surface area (Å²) >= 11 is 6.06. The summed E-state index contributed by atoms with van der Waals surface area (Å²) in [5.41, 5.74) is 1.53. The number of carboxylic acids is 1. The van der Waals surface area contributed by atoms with Gasteiger partial charge in [0.2, 0.25) is 10.0 Å². The van der Waals surface area contributed by atoms with E-state index in [-0.39, 0.29) is 11.3 Å². The number of hydrogen-bond acceptors (Lipinski definition) is 3. The summed E-state index contributed by atoms with van der Waals surface area (Å²) < 4.78 is 26.1. The number of nitrogens with zero attached hydrogens (tertiary/aromatic N) is 1. The number of carboxylic acid groups (broad SMARTS) is 1. The van der Waals surface area contributed by atoms with Gasteiger partial charge in [0.1, 0.15) is 6.04 Å². The molecule has 1 atom stereocenters. The first-order valence-corrected chi connectivity index (χ1v) is 9.06. The standard InChI is InChI=1S/C17H18ClNO4S/c1-12-8-9-13(10-15(12)18)11-16(17(20)21)19(2)24(22,23)14-6-4-3-5-7-14/h3-10,16H,11H2,1-2H3,(H,20,21). The van der Waals surface area contributed by atoms with E-state index in [0.717, 1.165) is 9.87 Å². The molecule has 24 heavy (non-hydrogen) atoms. The second-order valence-electron chi connectivity index (χ2n) is 5.48. The number of hydrogen-bond donors (Lipinski definition) is 1. The fraction of sp³-hybridized carbons (Fsp3) is 0.235. The topological polar surface area (TPSA) is 74.7 Å². The summed E-state index contributed by atoms with van der Waals surface area (Å²) in [4.78, 5) is 11.7. The minimum absolute atomic E-state index is 0.0257. The zero-order valence-corrected chi connectivity index (χ0v) is 14.9. The number of halogens is 1. The predicted molar refractivity (Wildman–Crippen MR) is 92.7 cm³/mol. The molecule has 0 aromatic heterocycles. The first-order valence-electron chi connectivity index (χ1n) is 7.24. The third-order valence-corrected chi connectivity index (χ3v) is 6.10. The van der Waals surface area contributed by atoms with Gasteiger partial charge in [-0.15, -0.1) is 0 Å².